The first kappa shape index (κ1) is 15.6. The van der Waals surface area contributed by atoms with E-state index in [4.69, 9.17) is 9.84 Å². The van der Waals surface area contributed by atoms with Gasteiger partial charge in [-0.25, -0.2) is 4.79 Å². The van der Waals surface area contributed by atoms with Gasteiger partial charge in [-0.1, -0.05) is 48.5 Å². The molecule has 0 heterocycles. The predicted octanol–water partition coefficient (Wildman–Crippen LogP) is 3.22. The molecular weight excluding hydrogens is 282 g/mol. The summed E-state index contributed by atoms with van der Waals surface area (Å²) in [7, 11) is 0. The first-order valence-corrected chi connectivity index (χ1v) is 6.83. The minimum atomic E-state index is -1.10. The van der Waals surface area contributed by atoms with E-state index >= 15 is 0 Å². The molecule has 0 aliphatic carbocycles. The molecule has 2 aromatic rings. The molecule has 114 valence electrons. The van der Waals surface area contributed by atoms with Gasteiger partial charge in [-0.3, -0.25) is 9.69 Å². The SMILES string of the molecule is Cc1ccccc1N(CC(=O)O)C(=O)OCc1ccccc1. The molecule has 0 atom stereocenters. The van der Waals surface area contributed by atoms with Crippen molar-refractivity contribution >= 4 is 17.7 Å². The van der Waals surface area contributed by atoms with Crippen molar-refractivity contribution in [1.29, 1.82) is 0 Å². The molecule has 5 nitrogen and oxygen atoms in total. The molecule has 5 heteroatoms. The Morgan fingerprint density at radius 1 is 1.05 bits per heavy atom. The Morgan fingerprint density at radius 3 is 2.32 bits per heavy atom. The van der Waals surface area contributed by atoms with Gasteiger partial charge in [0.2, 0.25) is 0 Å². The molecule has 0 saturated carbocycles. The molecule has 0 aromatic heterocycles. The van der Waals surface area contributed by atoms with Gasteiger partial charge < -0.3 is 9.84 Å². The van der Waals surface area contributed by atoms with Crippen molar-refractivity contribution in [3.8, 4) is 0 Å². The van der Waals surface area contributed by atoms with E-state index in [9.17, 15) is 9.59 Å². The number of hydrogen-bond acceptors (Lipinski definition) is 3. The predicted molar refractivity (Wildman–Crippen MR) is 82.8 cm³/mol. The second-order valence-corrected chi connectivity index (χ2v) is 4.81. The van der Waals surface area contributed by atoms with E-state index in [1.54, 1.807) is 12.1 Å². The number of carbonyl (C=O) groups is 2. The highest BCUT2D eigenvalue weighted by atomic mass is 16.6. The molecule has 0 spiro atoms. The number of carboxylic acids is 1. The number of amides is 1. The van der Waals surface area contributed by atoms with Crippen molar-refractivity contribution in [2.24, 2.45) is 0 Å². The van der Waals surface area contributed by atoms with Gasteiger partial charge in [-0.2, -0.15) is 0 Å². The van der Waals surface area contributed by atoms with E-state index in [1.807, 2.05) is 49.4 Å². The van der Waals surface area contributed by atoms with E-state index in [2.05, 4.69) is 0 Å². The lowest BCUT2D eigenvalue weighted by molar-refractivity contribution is -0.135. The van der Waals surface area contributed by atoms with E-state index in [0.29, 0.717) is 5.69 Å². The lowest BCUT2D eigenvalue weighted by Gasteiger charge is -2.22. The van der Waals surface area contributed by atoms with Crippen LogP contribution in [0.5, 0.6) is 0 Å². The second-order valence-electron chi connectivity index (χ2n) is 4.81. The molecule has 2 rings (SSSR count). The van der Waals surface area contributed by atoms with E-state index in [0.717, 1.165) is 16.0 Å². The maximum atomic E-state index is 12.2. The summed E-state index contributed by atoms with van der Waals surface area (Å²) >= 11 is 0. The van der Waals surface area contributed by atoms with Gasteiger partial charge in [0.25, 0.3) is 0 Å². The molecule has 22 heavy (non-hydrogen) atoms. The molecule has 0 aliphatic heterocycles. The van der Waals surface area contributed by atoms with Gasteiger partial charge in [0.05, 0.1) is 5.69 Å². The summed E-state index contributed by atoms with van der Waals surface area (Å²) in [4.78, 5) is 24.4. The van der Waals surface area contributed by atoms with Crippen molar-refractivity contribution in [1.82, 2.24) is 0 Å². The summed E-state index contributed by atoms with van der Waals surface area (Å²) in [6, 6.07) is 16.3. The van der Waals surface area contributed by atoms with Gasteiger partial charge in [-0.05, 0) is 24.1 Å². The van der Waals surface area contributed by atoms with Gasteiger partial charge >= 0.3 is 12.1 Å². The number of benzene rings is 2. The van der Waals surface area contributed by atoms with Crippen molar-refractivity contribution in [2.45, 2.75) is 13.5 Å². The maximum absolute atomic E-state index is 12.2. The fourth-order valence-corrected chi connectivity index (χ4v) is 2.05. The molecule has 0 saturated heterocycles. The number of hydrogen-bond donors (Lipinski definition) is 1. The number of aliphatic carboxylic acids is 1. The molecule has 0 unspecified atom stereocenters. The molecule has 1 amide bonds. The molecule has 2 aromatic carbocycles. The minimum absolute atomic E-state index is 0.0989. The lowest BCUT2D eigenvalue weighted by Crippen LogP contribution is -2.36. The average Bonchev–Trinajstić information content (AvgIpc) is 2.52. The van der Waals surface area contributed by atoms with Crippen LogP contribution in [0.4, 0.5) is 10.5 Å². The quantitative estimate of drug-likeness (QED) is 0.920. The molecule has 1 N–H and O–H groups in total. The Balaban J connectivity index is 2.13. The third kappa shape index (κ3) is 4.09. The Bertz CT molecular complexity index is 655. The van der Waals surface area contributed by atoms with Crippen molar-refractivity contribution in [3.63, 3.8) is 0 Å². The summed E-state index contributed by atoms with van der Waals surface area (Å²) in [6.07, 6.45) is -0.680. The number of carbonyl (C=O) groups excluding carboxylic acids is 1. The average molecular weight is 299 g/mol. The van der Waals surface area contributed by atoms with Gasteiger partial charge in [0, 0.05) is 0 Å². The number of para-hydroxylation sites is 1. The van der Waals surface area contributed by atoms with Gasteiger partial charge in [0.15, 0.2) is 0 Å². The van der Waals surface area contributed by atoms with Crippen LogP contribution in [-0.2, 0) is 16.1 Å². The van der Waals surface area contributed by atoms with Crippen LogP contribution in [-0.4, -0.2) is 23.7 Å². The zero-order chi connectivity index (χ0) is 15.9. The van der Waals surface area contributed by atoms with Crippen molar-refractivity contribution in [2.75, 3.05) is 11.4 Å². The summed E-state index contributed by atoms with van der Waals surface area (Å²) in [5, 5.41) is 9.02. The first-order chi connectivity index (χ1) is 10.6. The summed E-state index contributed by atoms with van der Waals surface area (Å²) in [6.45, 7) is 1.47. The number of aryl methyl sites for hydroxylation is 1. The van der Waals surface area contributed by atoms with Crippen LogP contribution in [0.15, 0.2) is 54.6 Å². The third-order valence-electron chi connectivity index (χ3n) is 3.13. The highest BCUT2D eigenvalue weighted by Crippen LogP contribution is 2.20. The summed E-state index contributed by atoms with van der Waals surface area (Å²) in [5.74, 6) is -1.10. The minimum Gasteiger partial charge on any atom is -0.480 e. The summed E-state index contributed by atoms with van der Waals surface area (Å²) in [5.41, 5.74) is 2.18. The van der Waals surface area contributed by atoms with Crippen LogP contribution >= 0.6 is 0 Å². The van der Waals surface area contributed by atoms with Gasteiger partial charge in [-0.15, -0.1) is 0 Å². The molecule has 0 bridgehead atoms. The number of nitrogens with zero attached hydrogens (tertiary/aromatic N) is 1. The van der Waals surface area contributed by atoms with E-state index < -0.39 is 18.6 Å². The van der Waals surface area contributed by atoms with E-state index in [-0.39, 0.29) is 6.61 Å². The highest BCUT2D eigenvalue weighted by Gasteiger charge is 2.21. The molecule has 0 fully saturated rings. The normalized spacial score (nSPS) is 10.0. The number of carboxylic acid groups (broad SMARTS) is 1. The fraction of sp³-hybridized carbons (Fsp3) is 0.176. The maximum Gasteiger partial charge on any atom is 0.415 e. The topological polar surface area (TPSA) is 66.8 Å². The Hall–Kier alpha value is -2.82. The summed E-state index contributed by atoms with van der Waals surface area (Å²) < 4.78 is 5.22. The molecule has 0 radical (unpaired) electrons. The van der Waals surface area contributed by atoms with Crippen LogP contribution in [0.3, 0.4) is 0 Å². The van der Waals surface area contributed by atoms with Crippen LogP contribution in [0, 0.1) is 6.92 Å². The van der Waals surface area contributed by atoms with E-state index in [1.165, 1.54) is 0 Å². The monoisotopic (exact) mass is 299 g/mol. The Labute approximate surface area is 128 Å². The van der Waals surface area contributed by atoms with Crippen LogP contribution in [0.2, 0.25) is 0 Å². The smallest absolute Gasteiger partial charge is 0.415 e. The zero-order valence-electron chi connectivity index (χ0n) is 12.2. The van der Waals surface area contributed by atoms with Crippen LogP contribution in [0.25, 0.3) is 0 Å². The largest absolute Gasteiger partial charge is 0.480 e. The van der Waals surface area contributed by atoms with Crippen molar-refractivity contribution < 1.29 is 19.4 Å². The highest BCUT2D eigenvalue weighted by molar-refractivity contribution is 5.93. The molecular formula is C17H17NO4. The standard InChI is InChI=1S/C17H17NO4/c1-13-7-5-6-10-15(13)18(11-16(19)20)17(21)22-12-14-8-3-2-4-9-14/h2-10H,11-12H2,1H3,(H,19,20). The van der Waals surface area contributed by atoms with Gasteiger partial charge in [0.1, 0.15) is 13.2 Å². The van der Waals surface area contributed by atoms with Crippen molar-refractivity contribution in [3.05, 3.63) is 65.7 Å². The second kappa shape index (κ2) is 7.26. The van der Waals surface area contributed by atoms with Crippen LogP contribution in [0.1, 0.15) is 11.1 Å². The zero-order valence-corrected chi connectivity index (χ0v) is 12.2. The third-order valence-corrected chi connectivity index (χ3v) is 3.13. The van der Waals surface area contributed by atoms with Crippen LogP contribution < -0.4 is 4.90 Å². The molecule has 0 aliphatic rings. The number of anilines is 1. The number of rotatable bonds is 5. The Morgan fingerprint density at radius 2 is 1.68 bits per heavy atom. The fourth-order valence-electron chi connectivity index (χ4n) is 2.05. The first-order valence-electron chi connectivity index (χ1n) is 6.83. The Kier molecular flexibility index (Phi) is 5.14. The number of ether oxygens (including phenoxy) is 1. The lowest BCUT2D eigenvalue weighted by atomic mass is 10.2.